The number of hydrogen-bond donors (Lipinski definition) is 0. The van der Waals surface area contributed by atoms with Gasteiger partial charge in [0.1, 0.15) is 0 Å². The summed E-state index contributed by atoms with van der Waals surface area (Å²) in [5.74, 6) is 0. The third-order valence-electron chi connectivity index (χ3n) is 3.18. The normalized spacial score (nSPS) is 13.2. The fraction of sp³-hybridized carbons (Fsp3) is 0.200. The van der Waals surface area contributed by atoms with Crippen molar-refractivity contribution in [3.8, 4) is 11.1 Å². The lowest BCUT2D eigenvalue weighted by Crippen LogP contribution is -2.16. The van der Waals surface area contributed by atoms with E-state index in [1.54, 1.807) is 0 Å². The molecule has 2 rings (SSSR count). The molecular formula is C15H7F9. The molecule has 0 heterocycles. The lowest BCUT2D eigenvalue weighted by molar-refractivity contribution is -0.162. The molecule has 0 aromatic heterocycles. The van der Waals surface area contributed by atoms with E-state index in [0.29, 0.717) is 12.1 Å². The Hall–Kier alpha value is -2.19. The molecule has 0 saturated heterocycles. The average Bonchev–Trinajstić information content (AvgIpc) is 2.44. The minimum Gasteiger partial charge on any atom is -0.166 e. The van der Waals surface area contributed by atoms with Crippen molar-refractivity contribution in [1.29, 1.82) is 0 Å². The van der Waals surface area contributed by atoms with Gasteiger partial charge in [0.2, 0.25) is 0 Å². The van der Waals surface area contributed by atoms with Crippen molar-refractivity contribution in [1.82, 2.24) is 0 Å². The smallest absolute Gasteiger partial charge is 0.166 e. The Morgan fingerprint density at radius 2 is 0.917 bits per heavy atom. The van der Waals surface area contributed by atoms with Gasteiger partial charge in [-0.1, -0.05) is 18.2 Å². The molecule has 0 saturated carbocycles. The van der Waals surface area contributed by atoms with Gasteiger partial charge in [-0.2, -0.15) is 39.5 Å². The molecule has 2 aromatic carbocycles. The van der Waals surface area contributed by atoms with Crippen LogP contribution in [0, 0.1) is 0 Å². The Kier molecular flexibility index (Phi) is 4.32. The first-order chi connectivity index (χ1) is 10.8. The van der Waals surface area contributed by atoms with Crippen LogP contribution in [0.3, 0.4) is 0 Å². The van der Waals surface area contributed by atoms with Gasteiger partial charge in [-0.3, -0.25) is 0 Å². The molecule has 24 heavy (non-hydrogen) atoms. The molecule has 130 valence electrons. The summed E-state index contributed by atoms with van der Waals surface area (Å²) in [6, 6.07) is 4.37. The number of alkyl halides is 9. The molecular weight excluding hydrogens is 351 g/mol. The van der Waals surface area contributed by atoms with Gasteiger partial charge in [-0.25, -0.2) is 0 Å². The summed E-state index contributed by atoms with van der Waals surface area (Å²) in [7, 11) is 0. The predicted molar refractivity (Wildman–Crippen MR) is 66.9 cm³/mol. The molecule has 0 atom stereocenters. The topological polar surface area (TPSA) is 0 Å². The number of benzene rings is 2. The minimum absolute atomic E-state index is 0.0674. The van der Waals surface area contributed by atoms with Crippen molar-refractivity contribution in [2.75, 3.05) is 0 Å². The Morgan fingerprint density at radius 3 is 1.33 bits per heavy atom. The highest BCUT2D eigenvalue weighted by Crippen LogP contribution is 2.42. The average molecular weight is 358 g/mol. The van der Waals surface area contributed by atoms with Crippen LogP contribution in [-0.4, -0.2) is 0 Å². The molecule has 0 bridgehead atoms. The molecule has 0 aliphatic heterocycles. The van der Waals surface area contributed by atoms with Crippen molar-refractivity contribution in [2.24, 2.45) is 0 Å². The molecule has 0 nitrogen and oxygen atoms in total. The largest absolute Gasteiger partial charge is 0.417 e. The summed E-state index contributed by atoms with van der Waals surface area (Å²) >= 11 is 0. The van der Waals surface area contributed by atoms with Crippen LogP contribution < -0.4 is 0 Å². The Morgan fingerprint density at radius 1 is 0.458 bits per heavy atom. The second-order valence-corrected chi connectivity index (χ2v) is 4.83. The van der Waals surface area contributed by atoms with Crippen LogP contribution >= 0.6 is 0 Å². The van der Waals surface area contributed by atoms with Gasteiger partial charge in [0.25, 0.3) is 0 Å². The van der Waals surface area contributed by atoms with Crippen molar-refractivity contribution in [3.05, 3.63) is 59.2 Å². The van der Waals surface area contributed by atoms with E-state index in [9.17, 15) is 39.5 Å². The van der Waals surface area contributed by atoms with Gasteiger partial charge < -0.3 is 0 Å². The van der Waals surface area contributed by atoms with Crippen LogP contribution in [0.15, 0.2) is 42.5 Å². The zero-order chi connectivity index (χ0) is 18.3. The van der Waals surface area contributed by atoms with Crippen LogP contribution in [0.4, 0.5) is 39.5 Å². The summed E-state index contributed by atoms with van der Waals surface area (Å²) in [6.45, 7) is 0. The molecule has 0 unspecified atom stereocenters. The van der Waals surface area contributed by atoms with Crippen LogP contribution in [-0.2, 0) is 18.5 Å². The lowest BCUT2D eigenvalue weighted by atomic mass is 9.97. The maximum atomic E-state index is 12.8. The zero-order valence-electron chi connectivity index (χ0n) is 11.4. The molecule has 9 heteroatoms. The van der Waals surface area contributed by atoms with Gasteiger partial charge in [-0.05, 0) is 35.4 Å². The van der Waals surface area contributed by atoms with E-state index in [0.717, 1.165) is 18.2 Å². The number of hydrogen-bond acceptors (Lipinski definition) is 0. The van der Waals surface area contributed by atoms with Gasteiger partial charge in [-0.15, -0.1) is 0 Å². The van der Waals surface area contributed by atoms with Crippen molar-refractivity contribution in [2.45, 2.75) is 18.5 Å². The summed E-state index contributed by atoms with van der Waals surface area (Å²) in [6.07, 6.45) is -15.1. The van der Waals surface area contributed by atoms with E-state index >= 15 is 0 Å². The van der Waals surface area contributed by atoms with Gasteiger partial charge >= 0.3 is 18.5 Å². The molecule has 0 amide bonds. The summed E-state index contributed by atoms with van der Waals surface area (Å²) in [5.41, 5.74) is -5.11. The SMILES string of the molecule is FC(F)(F)c1ccc(-c2ccc(C(F)(F)F)c(C(F)(F)F)c2)cc1. The van der Waals surface area contributed by atoms with Gasteiger partial charge in [0, 0.05) is 0 Å². The van der Waals surface area contributed by atoms with E-state index in [2.05, 4.69) is 0 Å². The summed E-state index contributed by atoms with van der Waals surface area (Å²) in [5, 5.41) is 0. The Labute approximate surface area is 129 Å². The molecule has 0 aliphatic rings. The first kappa shape index (κ1) is 18.2. The molecule has 0 fully saturated rings. The highest BCUT2D eigenvalue weighted by Gasteiger charge is 2.43. The van der Waals surface area contributed by atoms with Crippen LogP contribution in [0.5, 0.6) is 0 Å². The summed E-state index contributed by atoms with van der Waals surface area (Å²) < 4.78 is 114. The standard InChI is InChI=1S/C15H7F9/c16-13(17,18)10-4-1-8(2-5-10)9-3-6-11(14(19,20)21)12(7-9)15(22,23)24/h1-7H. The Bertz CT molecular complexity index is 719. The first-order valence-corrected chi connectivity index (χ1v) is 6.26. The second-order valence-electron chi connectivity index (χ2n) is 4.83. The predicted octanol–water partition coefficient (Wildman–Crippen LogP) is 6.41. The van der Waals surface area contributed by atoms with Crippen LogP contribution in [0.25, 0.3) is 11.1 Å². The number of rotatable bonds is 1. The van der Waals surface area contributed by atoms with Crippen LogP contribution in [0.2, 0.25) is 0 Å². The molecule has 0 aliphatic carbocycles. The van der Waals surface area contributed by atoms with Crippen molar-refractivity contribution in [3.63, 3.8) is 0 Å². The van der Waals surface area contributed by atoms with E-state index < -0.39 is 35.2 Å². The maximum Gasteiger partial charge on any atom is 0.417 e. The fourth-order valence-electron chi connectivity index (χ4n) is 2.06. The van der Waals surface area contributed by atoms with E-state index in [1.165, 1.54) is 0 Å². The fourth-order valence-corrected chi connectivity index (χ4v) is 2.06. The van der Waals surface area contributed by atoms with E-state index in [1.807, 2.05) is 0 Å². The quantitative estimate of drug-likeness (QED) is 0.517. The van der Waals surface area contributed by atoms with Crippen LogP contribution in [0.1, 0.15) is 16.7 Å². The van der Waals surface area contributed by atoms with Gasteiger partial charge in [0.05, 0.1) is 16.7 Å². The third kappa shape index (κ3) is 3.82. The van der Waals surface area contributed by atoms with E-state index in [4.69, 9.17) is 0 Å². The Balaban J connectivity index is 2.53. The molecule has 0 N–H and O–H groups in total. The van der Waals surface area contributed by atoms with Gasteiger partial charge in [0.15, 0.2) is 0 Å². The molecule has 0 radical (unpaired) electrons. The minimum atomic E-state index is -5.26. The highest BCUT2D eigenvalue weighted by molar-refractivity contribution is 5.65. The zero-order valence-corrected chi connectivity index (χ0v) is 11.4. The van der Waals surface area contributed by atoms with Crippen molar-refractivity contribution >= 4 is 0 Å². The van der Waals surface area contributed by atoms with E-state index in [-0.39, 0.29) is 23.3 Å². The lowest BCUT2D eigenvalue weighted by Gasteiger charge is -2.17. The third-order valence-corrected chi connectivity index (χ3v) is 3.18. The monoisotopic (exact) mass is 358 g/mol. The second kappa shape index (κ2) is 5.71. The first-order valence-electron chi connectivity index (χ1n) is 6.26. The maximum absolute atomic E-state index is 12.8. The molecule has 2 aromatic rings. The van der Waals surface area contributed by atoms with Crippen molar-refractivity contribution < 1.29 is 39.5 Å². The summed E-state index contributed by atoms with van der Waals surface area (Å²) in [4.78, 5) is 0. The number of halogens is 9. The highest BCUT2D eigenvalue weighted by atomic mass is 19.4. The molecule has 0 spiro atoms.